The smallest absolute Gasteiger partial charge is 0.191 e. The number of nitrogens with zero attached hydrogens (tertiary/aromatic N) is 1. The molecule has 1 rings (SSSR count). The third kappa shape index (κ3) is 5.82. The molecule has 0 heterocycles. The topological polar surface area (TPSA) is 45.7 Å². The summed E-state index contributed by atoms with van der Waals surface area (Å²) in [5, 5.41) is 6.58. The number of hydrogen-bond acceptors (Lipinski definition) is 2. The first-order chi connectivity index (χ1) is 9.56. The molecule has 2 N–H and O–H groups in total. The molecule has 0 saturated carbocycles. The number of nitrogens with one attached hydrogen (secondary N) is 2. The number of halogens is 1. The van der Waals surface area contributed by atoms with Crippen LogP contribution in [0.25, 0.3) is 0 Å². The standard InChI is InChI=1S/C15H24BrN3O/c1-5-17-15(18-9-11(2)3)19-10-12-8-13(16)6-7-14(12)20-4/h6-8,11H,5,9-10H2,1-4H3,(H2,17,18,19). The fourth-order valence-corrected chi connectivity index (χ4v) is 2.09. The highest BCUT2D eigenvalue weighted by atomic mass is 79.9. The van der Waals surface area contributed by atoms with Crippen molar-refractivity contribution >= 4 is 21.9 Å². The van der Waals surface area contributed by atoms with Crippen LogP contribution in [0.1, 0.15) is 26.3 Å². The van der Waals surface area contributed by atoms with Crippen LogP contribution >= 0.6 is 15.9 Å². The molecular weight excluding hydrogens is 318 g/mol. The van der Waals surface area contributed by atoms with E-state index in [9.17, 15) is 0 Å². The molecule has 0 fully saturated rings. The Bertz CT molecular complexity index is 447. The van der Waals surface area contributed by atoms with Gasteiger partial charge in [0.1, 0.15) is 5.75 Å². The second-order valence-corrected chi connectivity index (χ2v) is 5.84. The lowest BCUT2D eigenvalue weighted by Crippen LogP contribution is -2.39. The summed E-state index contributed by atoms with van der Waals surface area (Å²) in [7, 11) is 1.68. The molecule has 0 aliphatic heterocycles. The Labute approximate surface area is 130 Å². The predicted octanol–water partition coefficient (Wildman–Crippen LogP) is 3.17. The maximum atomic E-state index is 5.36. The Kier molecular flexibility index (Phi) is 7.44. The Morgan fingerprint density at radius 2 is 2.10 bits per heavy atom. The number of ether oxygens (including phenoxy) is 1. The molecule has 4 nitrogen and oxygen atoms in total. The van der Waals surface area contributed by atoms with Gasteiger partial charge in [0.25, 0.3) is 0 Å². The first kappa shape index (κ1) is 16.8. The zero-order chi connectivity index (χ0) is 15.0. The van der Waals surface area contributed by atoms with Crippen molar-refractivity contribution in [3.63, 3.8) is 0 Å². The molecule has 0 bridgehead atoms. The zero-order valence-corrected chi connectivity index (χ0v) is 14.3. The van der Waals surface area contributed by atoms with E-state index in [-0.39, 0.29) is 0 Å². The molecule has 5 heteroatoms. The van der Waals surface area contributed by atoms with Crippen molar-refractivity contribution in [1.29, 1.82) is 0 Å². The minimum Gasteiger partial charge on any atom is -0.496 e. The minimum absolute atomic E-state index is 0.579. The summed E-state index contributed by atoms with van der Waals surface area (Å²) in [6.07, 6.45) is 0. The van der Waals surface area contributed by atoms with Gasteiger partial charge in [0.2, 0.25) is 0 Å². The molecule has 0 amide bonds. The van der Waals surface area contributed by atoms with Gasteiger partial charge in [-0.05, 0) is 31.0 Å². The fraction of sp³-hybridized carbons (Fsp3) is 0.533. The van der Waals surface area contributed by atoms with Crippen molar-refractivity contribution in [2.45, 2.75) is 27.3 Å². The molecule has 0 atom stereocenters. The van der Waals surface area contributed by atoms with E-state index in [0.717, 1.165) is 34.8 Å². The van der Waals surface area contributed by atoms with Crippen LogP contribution in [0.2, 0.25) is 0 Å². The monoisotopic (exact) mass is 341 g/mol. The molecule has 0 aliphatic carbocycles. The maximum Gasteiger partial charge on any atom is 0.191 e. The number of guanidine groups is 1. The van der Waals surface area contributed by atoms with Gasteiger partial charge in [-0.25, -0.2) is 4.99 Å². The number of benzene rings is 1. The van der Waals surface area contributed by atoms with E-state index in [4.69, 9.17) is 4.74 Å². The predicted molar refractivity (Wildman–Crippen MR) is 88.4 cm³/mol. The summed E-state index contributed by atoms with van der Waals surface area (Å²) >= 11 is 3.48. The van der Waals surface area contributed by atoms with Gasteiger partial charge < -0.3 is 15.4 Å². The lowest BCUT2D eigenvalue weighted by molar-refractivity contribution is 0.409. The van der Waals surface area contributed by atoms with Crippen molar-refractivity contribution in [2.75, 3.05) is 20.2 Å². The second-order valence-electron chi connectivity index (χ2n) is 4.93. The van der Waals surface area contributed by atoms with Gasteiger partial charge in [-0.15, -0.1) is 0 Å². The van der Waals surface area contributed by atoms with Crippen LogP contribution < -0.4 is 15.4 Å². The van der Waals surface area contributed by atoms with E-state index < -0.39 is 0 Å². The van der Waals surface area contributed by atoms with Gasteiger partial charge in [-0.3, -0.25) is 0 Å². The van der Waals surface area contributed by atoms with Gasteiger partial charge in [0.05, 0.1) is 13.7 Å². The lowest BCUT2D eigenvalue weighted by atomic mass is 10.2. The quantitative estimate of drug-likeness (QED) is 0.617. The van der Waals surface area contributed by atoms with Gasteiger partial charge in [-0.2, -0.15) is 0 Å². The zero-order valence-electron chi connectivity index (χ0n) is 12.7. The lowest BCUT2D eigenvalue weighted by Gasteiger charge is -2.13. The highest BCUT2D eigenvalue weighted by Crippen LogP contribution is 2.23. The van der Waals surface area contributed by atoms with Crippen molar-refractivity contribution in [3.05, 3.63) is 28.2 Å². The van der Waals surface area contributed by atoms with Gasteiger partial charge in [-0.1, -0.05) is 29.8 Å². The van der Waals surface area contributed by atoms with E-state index in [1.807, 2.05) is 18.2 Å². The molecule has 1 aromatic carbocycles. The second kappa shape index (κ2) is 8.84. The third-order valence-electron chi connectivity index (χ3n) is 2.67. The molecule has 1 aromatic rings. The van der Waals surface area contributed by atoms with E-state index in [2.05, 4.69) is 52.3 Å². The molecule has 20 heavy (non-hydrogen) atoms. The van der Waals surface area contributed by atoms with Gasteiger partial charge in [0.15, 0.2) is 5.96 Å². The van der Waals surface area contributed by atoms with E-state index in [1.54, 1.807) is 7.11 Å². The summed E-state index contributed by atoms with van der Waals surface area (Å²) < 4.78 is 6.39. The Morgan fingerprint density at radius 3 is 2.70 bits per heavy atom. The maximum absolute atomic E-state index is 5.36. The molecule has 0 aromatic heterocycles. The van der Waals surface area contributed by atoms with Crippen LogP contribution in [0, 0.1) is 5.92 Å². The fourth-order valence-electron chi connectivity index (χ4n) is 1.68. The minimum atomic E-state index is 0.579. The highest BCUT2D eigenvalue weighted by molar-refractivity contribution is 9.10. The van der Waals surface area contributed by atoms with E-state index >= 15 is 0 Å². The first-order valence-electron chi connectivity index (χ1n) is 6.91. The number of rotatable bonds is 6. The molecule has 0 spiro atoms. The summed E-state index contributed by atoms with van der Waals surface area (Å²) in [6.45, 7) is 8.74. The number of aliphatic imine (C=N–C) groups is 1. The number of methoxy groups -OCH3 is 1. The highest BCUT2D eigenvalue weighted by Gasteiger charge is 2.04. The SMILES string of the molecule is CCNC(=NCc1cc(Br)ccc1OC)NCC(C)C. The van der Waals surface area contributed by atoms with Crippen LogP contribution in [0.15, 0.2) is 27.7 Å². The summed E-state index contributed by atoms with van der Waals surface area (Å²) in [4.78, 5) is 4.60. The Hall–Kier alpha value is -1.23. The third-order valence-corrected chi connectivity index (χ3v) is 3.17. The van der Waals surface area contributed by atoms with Crippen LogP contribution in [-0.2, 0) is 6.54 Å². The molecular formula is C15H24BrN3O. The normalized spacial score (nSPS) is 11.6. The first-order valence-corrected chi connectivity index (χ1v) is 7.70. The average molecular weight is 342 g/mol. The molecule has 0 unspecified atom stereocenters. The van der Waals surface area contributed by atoms with Crippen LogP contribution in [0.5, 0.6) is 5.75 Å². The van der Waals surface area contributed by atoms with Crippen LogP contribution in [0.4, 0.5) is 0 Å². The molecule has 0 radical (unpaired) electrons. The van der Waals surface area contributed by atoms with Crippen molar-refractivity contribution < 1.29 is 4.74 Å². The van der Waals surface area contributed by atoms with Crippen LogP contribution in [-0.4, -0.2) is 26.2 Å². The van der Waals surface area contributed by atoms with Crippen molar-refractivity contribution in [3.8, 4) is 5.75 Å². The van der Waals surface area contributed by atoms with E-state index in [1.165, 1.54) is 0 Å². The summed E-state index contributed by atoms with van der Waals surface area (Å²) in [5.74, 6) is 2.28. The van der Waals surface area contributed by atoms with Gasteiger partial charge >= 0.3 is 0 Å². The Balaban J connectivity index is 2.77. The molecule has 112 valence electrons. The van der Waals surface area contributed by atoms with Gasteiger partial charge in [0, 0.05) is 23.1 Å². The summed E-state index contributed by atoms with van der Waals surface area (Å²) in [5.41, 5.74) is 1.06. The molecule has 0 saturated heterocycles. The average Bonchev–Trinajstić information content (AvgIpc) is 2.42. The van der Waals surface area contributed by atoms with Crippen molar-refractivity contribution in [2.24, 2.45) is 10.9 Å². The molecule has 0 aliphatic rings. The summed E-state index contributed by atoms with van der Waals surface area (Å²) in [6, 6.07) is 5.95. The van der Waals surface area contributed by atoms with Crippen molar-refractivity contribution in [1.82, 2.24) is 10.6 Å². The van der Waals surface area contributed by atoms with E-state index in [0.29, 0.717) is 12.5 Å². The Morgan fingerprint density at radius 1 is 1.35 bits per heavy atom. The van der Waals surface area contributed by atoms with Crippen LogP contribution in [0.3, 0.4) is 0 Å². The largest absolute Gasteiger partial charge is 0.496 e. The number of hydrogen-bond donors (Lipinski definition) is 2.